The van der Waals surface area contributed by atoms with E-state index in [1.165, 1.54) is 19.3 Å². The smallest absolute Gasteiger partial charge is 0.269 e. The summed E-state index contributed by atoms with van der Waals surface area (Å²) in [5.74, 6) is 1.32. The summed E-state index contributed by atoms with van der Waals surface area (Å²) in [6.07, 6.45) is 4.63. The molecule has 1 saturated carbocycles. The summed E-state index contributed by atoms with van der Waals surface area (Å²) >= 11 is 1.78. The predicted octanol–water partition coefficient (Wildman–Crippen LogP) is 3.85. The Kier molecular flexibility index (Phi) is 3.67. The van der Waals surface area contributed by atoms with Gasteiger partial charge in [0.05, 0.1) is 5.25 Å². The van der Waals surface area contributed by atoms with Crippen LogP contribution < -0.4 is 4.84 Å². The Morgan fingerprint density at radius 1 is 1.25 bits per heavy atom. The molecule has 1 aliphatic heterocycles. The molecule has 20 heavy (non-hydrogen) atoms. The van der Waals surface area contributed by atoms with Gasteiger partial charge >= 0.3 is 0 Å². The van der Waals surface area contributed by atoms with E-state index in [9.17, 15) is 4.79 Å². The number of hydroxylamine groups is 2. The Labute approximate surface area is 124 Å². The fourth-order valence-electron chi connectivity index (χ4n) is 3.24. The molecule has 1 spiro atoms. The molecule has 1 saturated heterocycles. The Bertz CT molecular complexity index is 493. The minimum Gasteiger partial charge on any atom is -0.375 e. The van der Waals surface area contributed by atoms with Crippen LogP contribution in [0.4, 0.5) is 0 Å². The van der Waals surface area contributed by atoms with Crippen LogP contribution in [0.5, 0.6) is 5.75 Å². The second-order valence-corrected chi connectivity index (χ2v) is 7.44. The maximum atomic E-state index is 12.5. The molecule has 1 amide bonds. The summed E-state index contributed by atoms with van der Waals surface area (Å²) in [4.78, 5) is 18.3. The van der Waals surface area contributed by atoms with Crippen LogP contribution in [0.1, 0.15) is 39.5 Å². The van der Waals surface area contributed by atoms with Gasteiger partial charge in [-0.15, -0.1) is 11.8 Å². The number of carbonyl (C=O) groups is 1. The van der Waals surface area contributed by atoms with Crippen molar-refractivity contribution in [3.05, 3.63) is 30.3 Å². The van der Waals surface area contributed by atoms with Crippen LogP contribution in [-0.4, -0.2) is 21.1 Å². The van der Waals surface area contributed by atoms with Gasteiger partial charge in [-0.05, 0) is 37.8 Å². The third-order valence-corrected chi connectivity index (χ3v) is 6.14. The lowest BCUT2D eigenvalue weighted by atomic mass is 9.85. The highest BCUT2D eigenvalue weighted by molar-refractivity contribution is 8.02. The van der Waals surface area contributed by atoms with Crippen LogP contribution in [-0.2, 0) is 4.79 Å². The van der Waals surface area contributed by atoms with E-state index in [4.69, 9.17) is 4.84 Å². The first-order chi connectivity index (χ1) is 9.63. The number of rotatable bonds is 2. The van der Waals surface area contributed by atoms with Gasteiger partial charge in [0.2, 0.25) is 0 Å². The molecule has 0 N–H and O–H groups in total. The first-order valence-electron chi connectivity index (χ1n) is 7.38. The Morgan fingerprint density at radius 3 is 2.70 bits per heavy atom. The molecule has 1 aliphatic carbocycles. The molecule has 1 heterocycles. The van der Waals surface area contributed by atoms with Gasteiger partial charge in [0, 0.05) is 0 Å². The van der Waals surface area contributed by atoms with Crippen molar-refractivity contribution in [2.24, 2.45) is 5.92 Å². The number of thioether (sulfide) groups is 1. The van der Waals surface area contributed by atoms with Gasteiger partial charge in [-0.1, -0.05) is 38.0 Å². The molecule has 108 valence electrons. The third kappa shape index (κ3) is 2.20. The molecule has 0 aromatic heterocycles. The average molecular weight is 291 g/mol. The molecule has 3 unspecified atom stereocenters. The largest absolute Gasteiger partial charge is 0.375 e. The summed E-state index contributed by atoms with van der Waals surface area (Å²) in [5, 5.41) is 1.67. The van der Waals surface area contributed by atoms with Gasteiger partial charge in [0.1, 0.15) is 4.87 Å². The lowest BCUT2D eigenvalue weighted by Crippen LogP contribution is -2.52. The zero-order chi connectivity index (χ0) is 14.2. The van der Waals surface area contributed by atoms with Gasteiger partial charge in [0.25, 0.3) is 5.91 Å². The Hall–Kier alpha value is -1.16. The number of nitrogens with zero attached hydrogens (tertiary/aromatic N) is 1. The molecule has 3 nitrogen and oxygen atoms in total. The van der Waals surface area contributed by atoms with Crippen molar-refractivity contribution in [1.82, 2.24) is 5.06 Å². The van der Waals surface area contributed by atoms with E-state index >= 15 is 0 Å². The topological polar surface area (TPSA) is 29.5 Å². The molecule has 0 radical (unpaired) electrons. The zero-order valence-electron chi connectivity index (χ0n) is 12.0. The van der Waals surface area contributed by atoms with Crippen molar-refractivity contribution >= 4 is 17.7 Å². The van der Waals surface area contributed by atoms with Crippen molar-refractivity contribution in [2.45, 2.75) is 49.7 Å². The highest BCUT2D eigenvalue weighted by Crippen LogP contribution is 2.53. The third-order valence-electron chi connectivity index (χ3n) is 4.40. The second kappa shape index (κ2) is 5.32. The van der Waals surface area contributed by atoms with E-state index in [2.05, 4.69) is 6.92 Å². The molecule has 3 rings (SSSR count). The molecule has 1 aromatic carbocycles. The quantitative estimate of drug-likeness (QED) is 0.829. The number of para-hydroxylation sites is 1. The van der Waals surface area contributed by atoms with Crippen LogP contribution in [0, 0.1) is 5.92 Å². The Morgan fingerprint density at radius 2 is 2.00 bits per heavy atom. The van der Waals surface area contributed by atoms with Crippen LogP contribution in [0.2, 0.25) is 0 Å². The van der Waals surface area contributed by atoms with Crippen molar-refractivity contribution in [3.63, 3.8) is 0 Å². The summed E-state index contributed by atoms with van der Waals surface area (Å²) in [6, 6.07) is 9.63. The summed E-state index contributed by atoms with van der Waals surface area (Å²) in [7, 11) is 0. The molecule has 2 fully saturated rings. The first kappa shape index (κ1) is 13.8. The maximum Gasteiger partial charge on any atom is 0.269 e. The lowest BCUT2D eigenvalue weighted by Gasteiger charge is -2.43. The molecule has 3 atom stereocenters. The highest BCUT2D eigenvalue weighted by atomic mass is 32.2. The molecule has 0 bridgehead atoms. The van der Waals surface area contributed by atoms with Crippen molar-refractivity contribution in [1.29, 1.82) is 0 Å². The second-order valence-electron chi connectivity index (χ2n) is 5.79. The number of carbonyl (C=O) groups excluding carboxylic acids is 1. The summed E-state index contributed by atoms with van der Waals surface area (Å²) in [6.45, 7) is 4.24. The Balaban J connectivity index is 1.90. The van der Waals surface area contributed by atoms with E-state index < -0.39 is 0 Å². The fourth-order valence-corrected chi connectivity index (χ4v) is 4.89. The molecular weight excluding hydrogens is 270 g/mol. The van der Waals surface area contributed by atoms with Gasteiger partial charge in [0.15, 0.2) is 5.75 Å². The van der Waals surface area contributed by atoms with E-state index in [0.717, 1.165) is 12.2 Å². The zero-order valence-corrected chi connectivity index (χ0v) is 12.9. The first-order valence-corrected chi connectivity index (χ1v) is 8.26. The van der Waals surface area contributed by atoms with Crippen LogP contribution in [0.25, 0.3) is 0 Å². The molecular formula is C16H21NO2S. The highest BCUT2D eigenvalue weighted by Gasteiger charge is 2.55. The number of benzene rings is 1. The minimum atomic E-state index is -0.176. The molecule has 4 heteroatoms. The lowest BCUT2D eigenvalue weighted by molar-refractivity contribution is -0.172. The summed E-state index contributed by atoms with van der Waals surface area (Å²) in [5.41, 5.74) is 0. The van der Waals surface area contributed by atoms with E-state index in [1.807, 2.05) is 37.3 Å². The van der Waals surface area contributed by atoms with Gasteiger partial charge < -0.3 is 4.84 Å². The maximum absolute atomic E-state index is 12.5. The van der Waals surface area contributed by atoms with Crippen LogP contribution in [0.15, 0.2) is 30.3 Å². The standard InChI is InChI=1S/C16H21NO2S/c1-12-8-6-7-11-16(12)17(15(18)13(2)20-16)19-14-9-4-3-5-10-14/h3-5,9-10,12-13H,6-8,11H2,1-2H3. The normalized spacial score (nSPS) is 33.7. The van der Waals surface area contributed by atoms with Gasteiger partial charge in [-0.25, -0.2) is 0 Å². The van der Waals surface area contributed by atoms with Crippen LogP contribution in [0.3, 0.4) is 0 Å². The fraction of sp³-hybridized carbons (Fsp3) is 0.562. The predicted molar refractivity (Wildman–Crippen MR) is 81.3 cm³/mol. The van der Waals surface area contributed by atoms with Crippen molar-refractivity contribution < 1.29 is 9.63 Å². The molecule has 2 aliphatic rings. The van der Waals surface area contributed by atoms with Crippen molar-refractivity contribution in [3.8, 4) is 5.75 Å². The monoisotopic (exact) mass is 291 g/mol. The van der Waals surface area contributed by atoms with E-state index in [0.29, 0.717) is 5.92 Å². The number of hydrogen-bond donors (Lipinski definition) is 0. The number of hydrogen-bond acceptors (Lipinski definition) is 3. The van der Waals surface area contributed by atoms with E-state index in [1.54, 1.807) is 16.8 Å². The molecule has 1 aromatic rings. The van der Waals surface area contributed by atoms with Crippen molar-refractivity contribution in [2.75, 3.05) is 0 Å². The van der Waals surface area contributed by atoms with Gasteiger partial charge in [-0.3, -0.25) is 4.79 Å². The summed E-state index contributed by atoms with van der Waals surface area (Å²) < 4.78 is 0. The van der Waals surface area contributed by atoms with E-state index in [-0.39, 0.29) is 16.0 Å². The SMILES string of the molecule is CC1SC2(CCCCC2C)N(Oc2ccccc2)C1=O. The average Bonchev–Trinajstić information content (AvgIpc) is 2.69. The minimum absolute atomic E-state index is 0.0146. The van der Waals surface area contributed by atoms with Crippen LogP contribution >= 0.6 is 11.8 Å². The van der Waals surface area contributed by atoms with Gasteiger partial charge in [-0.2, -0.15) is 5.06 Å². The number of amides is 1.